The van der Waals surface area contributed by atoms with Gasteiger partial charge in [0.05, 0.1) is 52.6 Å². The molecule has 0 saturated heterocycles. The predicted molar refractivity (Wildman–Crippen MR) is 132 cm³/mol. The summed E-state index contributed by atoms with van der Waals surface area (Å²) < 4.78 is 31.2. The molecule has 3 heterocycles. The molecule has 0 unspecified atom stereocenters. The lowest BCUT2D eigenvalue weighted by Crippen LogP contribution is -2.18. The van der Waals surface area contributed by atoms with Crippen molar-refractivity contribution in [3.05, 3.63) is 60.3 Å². The molecule has 0 bridgehead atoms. The molecule has 5 rings (SSSR count). The third-order valence-electron chi connectivity index (χ3n) is 5.06. The maximum Gasteiger partial charge on any atom is 0.411 e. The van der Waals surface area contributed by atoms with E-state index in [1.54, 1.807) is 18.3 Å². The van der Waals surface area contributed by atoms with Gasteiger partial charge in [0, 0.05) is 17.7 Å². The van der Waals surface area contributed by atoms with E-state index in [-0.39, 0.29) is 19.0 Å². The van der Waals surface area contributed by atoms with Crippen molar-refractivity contribution in [3.63, 3.8) is 0 Å². The number of carbonyl (C=O) groups excluding carboxylic acids is 1. The molecule has 0 saturated carbocycles. The van der Waals surface area contributed by atoms with E-state index in [9.17, 15) is 9.18 Å². The fraction of sp³-hybridized carbons (Fsp3) is 0.167. The number of nitrogens with one attached hydrogen (secondary N) is 1. The highest BCUT2D eigenvalue weighted by molar-refractivity contribution is 7.21. The van der Waals surface area contributed by atoms with Crippen LogP contribution < -0.4 is 14.8 Å². The molecule has 182 valence electrons. The van der Waals surface area contributed by atoms with Gasteiger partial charge in [-0.25, -0.2) is 24.1 Å². The first-order chi connectivity index (χ1) is 17.5. The van der Waals surface area contributed by atoms with Crippen molar-refractivity contribution in [1.29, 1.82) is 0 Å². The first-order valence-corrected chi connectivity index (χ1v) is 11.6. The molecule has 5 aromatic rings. The molecular weight excluding hydrogens is 487 g/mol. The van der Waals surface area contributed by atoms with Gasteiger partial charge in [-0.2, -0.15) is 10.2 Å². The molecule has 0 radical (unpaired) electrons. The van der Waals surface area contributed by atoms with Crippen LogP contribution in [0.25, 0.3) is 31.8 Å². The van der Waals surface area contributed by atoms with Crippen LogP contribution >= 0.6 is 11.3 Å². The Labute approximate surface area is 208 Å². The van der Waals surface area contributed by atoms with Crippen LogP contribution in [0.5, 0.6) is 11.6 Å². The van der Waals surface area contributed by atoms with Crippen LogP contribution in [0.4, 0.5) is 14.9 Å². The van der Waals surface area contributed by atoms with Crippen LogP contribution in [-0.4, -0.2) is 51.6 Å². The number of benzene rings is 2. The van der Waals surface area contributed by atoms with E-state index in [0.717, 1.165) is 15.8 Å². The third kappa shape index (κ3) is 4.98. The van der Waals surface area contributed by atoms with E-state index in [1.807, 2.05) is 19.1 Å². The number of aromatic nitrogens is 5. The predicted octanol–water partition coefficient (Wildman–Crippen LogP) is 4.78. The molecular formula is C24H19FN6O4S. The van der Waals surface area contributed by atoms with Gasteiger partial charge in [-0.3, -0.25) is 5.32 Å². The van der Waals surface area contributed by atoms with Crippen LogP contribution in [-0.2, 0) is 4.74 Å². The van der Waals surface area contributed by atoms with Crippen molar-refractivity contribution in [2.45, 2.75) is 6.92 Å². The molecule has 0 aliphatic carbocycles. The first-order valence-electron chi connectivity index (χ1n) is 10.8. The molecule has 36 heavy (non-hydrogen) atoms. The van der Waals surface area contributed by atoms with Crippen LogP contribution in [0, 0.1) is 12.7 Å². The van der Waals surface area contributed by atoms with Gasteiger partial charge in [-0.15, -0.1) is 11.3 Å². The Balaban J connectivity index is 1.31. The standard InChI is InChI=1S/C24H19FN6O4S/c1-13-7-15(22-18(8-13)30-21(33-2)12-26-22)23-31-17-9-16(25)19(10-20(17)36-23)34-5-6-35-24(32)29-14-3-4-27-28-11-14/h3-4,7-12H,5-6H2,1-2H3,(H,27,29,32). The number of thiazole rings is 1. The van der Waals surface area contributed by atoms with Gasteiger partial charge < -0.3 is 14.2 Å². The van der Waals surface area contributed by atoms with Crippen molar-refractivity contribution in [2.24, 2.45) is 0 Å². The zero-order chi connectivity index (χ0) is 25.1. The van der Waals surface area contributed by atoms with Crippen molar-refractivity contribution >= 4 is 44.4 Å². The SMILES string of the molecule is COc1cnc2c(-c3nc4cc(F)c(OCCOC(=O)Nc5ccnnc5)cc4s3)cc(C)cc2n1. The summed E-state index contributed by atoms with van der Waals surface area (Å²) in [6.07, 6.45) is 3.69. The Hall–Kier alpha value is -4.45. The Morgan fingerprint density at radius 1 is 1.08 bits per heavy atom. The van der Waals surface area contributed by atoms with Crippen LogP contribution in [0.3, 0.4) is 0 Å². The number of methoxy groups -OCH3 is 1. The Bertz CT molecular complexity index is 1560. The van der Waals surface area contributed by atoms with Gasteiger partial charge in [0.1, 0.15) is 18.2 Å². The number of carbonyl (C=O) groups is 1. The highest BCUT2D eigenvalue weighted by Gasteiger charge is 2.16. The molecule has 2 aromatic carbocycles. The Morgan fingerprint density at radius 3 is 2.78 bits per heavy atom. The molecule has 0 aliphatic rings. The van der Waals surface area contributed by atoms with Crippen molar-refractivity contribution in [1.82, 2.24) is 25.1 Å². The van der Waals surface area contributed by atoms with Crippen molar-refractivity contribution < 1.29 is 23.4 Å². The Kier molecular flexibility index (Phi) is 6.50. The fourth-order valence-corrected chi connectivity index (χ4v) is 4.46. The largest absolute Gasteiger partial charge is 0.487 e. The van der Waals surface area contributed by atoms with Gasteiger partial charge in [-0.05, 0) is 30.7 Å². The molecule has 3 aromatic heterocycles. The lowest BCUT2D eigenvalue weighted by atomic mass is 10.1. The third-order valence-corrected chi connectivity index (χ3v) is 6.11. The number of hydrogen-bond donors (Lipinski definition) is 1. The molecule has 0 spiro atoms. The quantitative estimate of drug-likeness (QED) is 0.311. The summed E-state index contributed by atoms with van der Waals surface area (Å²) in [5.41, 5.74) is 4.09. The van der Waals surface area contributed by atoms with E-state index in [4.69, 9.17) is 14.2 Å². The van der Waals surface area contributed by atoms with Gasteiger partial charge in [-0.1, -0.05) is 0 Å². The smallest absolute Gasteiger partial charge is 0.411 e. The Morgan fingerprint density at radius 2 is 1.97 bits per heavy atom. The summed E-state index contributed by atoms with van der Waals surface area (Å²) in [4.78, 5) is 25.4. The number of anilines is 1. The maximum atomic E-state index is 14.7. The second-order valence-electron chi connectivity index (χ2n) is 7.60. The lowest BCUT2D eigenvalue weighted by molar-refractivity contribution is 0.136. The summed E-state index contributed by atoms with van der Waals surface area (Å²) in [6, 6.07) is 8.37. The van der Waals surface area contributed by atoms with E-state index in [0.29, 0.717) is 33.1 Å². The minimum Gasteiger partial charge on any atom is -0.487 e. The number of aryl methyl sites for hydroxylation is 1. The number of nitrogens with zero attached hydrogens (tertiary/aromatic N) is 5. The van der Waals surface area contributed by atoms with Gasteiger partial charge in [0.15, 0.2) is 11.6 Å². The zero-order valence-corrected chi connectivity index (χ0v) is 20.0. The molecule has 1 N–H and O–H groups in total. The van der Waals surface area contributed by atoms with Gasteiger partial charge in [0.2, 0.25) is 5.88 Å². The second-order valence-corrected chi connectivity index (χ2v) is 8.63. The minimum absolute atomic E-state index is 0.0317. The van der Waals surface area contributed by atoms with Crippen LogP contribution in [0.1, 0.15) is 5.56 Å². The van der Waals surface area contributed by atoms with E-state index in [2.05, 4.69) is 30.5 Å². The summed E-state index contributed by atoms with van der Waals surface area (Å²) >= 11 is 1.39. The number of hydrogen-bond acceptors (Lipinski definition) is 10. The first kappa shape index (κ1) is 23.3. The second kappa shape index (κ2) is 10.0. The molecule has 12 heteroatoms. The average molecular weight is 507 g/mol. The number of amides is 1. The fourth-order valence-electron chi connectivity index (χ4n) is 3.47. The van der Waals surface area contributed by atoms with Crippen LogP contribution in [0.2, 0.25) is 0 Å². The number of ether oxygens (including phenoxy) is 3. The summed E-state index contributed by atoms with van der Waals surface area (Å²) in [6.45, 7) is 1.85. The average Bonchev–Trinajstić information content (AvgIpc) is 3.28. The van der Waals surface area contributed by atoms with Crippen molar-refractivity contribution in [3.8, 4) is 22.2 Å². The van der Waals surface area contributed by atoms with E-state index in [1.165, 1.54) is 36.9 Å². The van der Waals surface area contributed by atoms with Crippen molar-refractivity contribution in [2.75, 3.05) is 25.6 Å². The van der Waals surface area contributed by atoms with E-state index >= 15 is 0 Å². The molecule has 0 fully saturated rings. The minimum atomic E-state index is -0.680. The number of rotatable bonds is 7. The molecule has 1 amide bonds. The number of halogens is 1. The monoisotopic (exact) mass is 506 g/mol. The molecule has 10 nitrogen and oxygen atoms in total. The molecule has 0 aliphatic heterocycles. The highest BCUT2D eigenvalue weighted by atomic mass is 32.1. The summed E-state index contributed by atoms with van der Waals surface area (Å²) in [5.74, 6) is -0.105. The van der Waals surface area contributed by atoms with E-state index < -0.39 is 11.9 Å². The maximum absolute atomic E-state index is 14.7. The summed E-state index contributed by atoms with van der Waals surface area (Å²) in [7, 11) is 1.54. The zero-order valence-electron chi connectivity index (χ0n) is 19.2. The van der Waals surface area contributed by atoms with Gasteiger partial charge in [0.25, 0.3) is 0 Å². The topological polar surface area (TPSA) is 121 Å². The normalized spacial score (nSPS) is 11.0. The number of fused-ring (bicyclic) bond motifs is 2. The van der Waals surface area contributed by atoms with Crippen LogP contribution in [0.15, 0.2) is 48.9 Å². The lowest BCUT2D eigenvalue weighted by Gasteiger charge is -2.09. The highest BCUT2D eigenvalue weighted by Crippen LogP contribution is 2.37. The van der Waals surface area contributed by atoms with Gasteiger partial charge >= 0.3 is 6.09 Å². The molecule has 0 atom stereocenters. The summed E-state index contributed by atoms with van der Waals surface area (Å²) in [5, 5.41) is 10.5.